The third-order valence-corrected chi connectivity index (χ3v) is 4.74. The molecular weight excluding hydrogens is 382 g/mol. The summed E-state index contributed by atoms with van der Waals surface area (Å²) in [5.41, 5.74) is 5.27. The molecule has 4 N–H and O–H groups in total. The van der Waals surface area contributed by atoms with Crippen molar-refractivity contribution < 1.29 is 14.7 Å². The topological polar surface area (TPSA) is 112 Å². The first-order chi connectivity index (χ1) is 14.6. The maximum atomic E-state index is 11.1. The summed E-state index contributed by atoms with van der Waals surface area (Å²) in [6.45, 7) is 1.83. The van der Waals surface area contributed by atoms with E-state index in [1.807, 2.05) is 36.4 Å². The SMILES string of the molecule is CC(Nc1ncnc2[nH]c(-c3ccc(OCC(=O)NO)cc3)cc12)c1ccccc1. The number of fused-ring (bicyclic) bond motifs is 1. The van der Waals surface area contributed by atoms with Crippen molar-refractivity contribution in [2.24, 2.45) is 0 Å². The first kappa shape index (κ1) is 19.4. The van der Waals surface area contributed by atoms with Gasteiger partial charge >= 0.3 is 0 Å². The summed E-state index contributed by atoms with van der Waals surface area (Å²) < 4.78 is 5.30. The average molecular weight is 403 g/mol. The zero-order valence-electron chi connectivity index (χ0n) is 16.3. The van der Waals surface area contributed by atoms with Gasteiger partial charge in [-0.1, -0.05) is 30.3 Å². The molecule has 4 rings (SSSR count). The number of H-pyrrole nitrogens is 1. The van der Waals surface area contributed by atoms with Gasteiger partial charge in [0, 0.05) is 11.7 Å². The van der Waals surface area contributed by atoms with Crippen molar-refractivity contribution in [1.29, 1.82) is 0 Å². The van der Waals surface area contributed by atoms with Crippen LogP contribution in [0.25, 0.3) is 22.3 Å². The number of nitrogens with one attached hydrogen (secondary N) is 3. The van der Waals surface area contributed by atoms with E-state index in [1.165, 1.54) is 17.4 Å². The maximum Gasteiger partial charge on any atom is 0.281 e. The van der Waals surface area contributed by atoms with Gasteiger partial charge < -0.3 is 15.0 Å². The fraction of sp³-hybridized carbons (Fsp3) is 0.136. The molecule has 2 aromatic carbocycles. The Balaban J connectivity index is 1.55. The largest absolute Gasteiger partial charge is 0.484 e. The molecule has 8 nitrogen and oxygen atoms in total. The summed E-state index contributed by atoms with van der Waals surface area (Å²) in [6.07, 6.45) is 1.53. The molecule has 2 aromatic heterocycles. The van der Waals surface area contributed by atoms with E-state index in [-0.39, 0.29) is 12.6 Å². The van der Waals surface area contributed by atoms with Gasteiger partial charge in [-0.2, -0.15) is 0 Å². The Hall–Kier alpha value is -3.91. The molecule has 1 unspecified atom stereocenters. The lowest BCUT2D eigenvalue weighted by Crippen LogP contribution is -2.25. The number of hydrogen-bond acceptors (Lipinski definition) is 6. The molecule has 30 heavy (non-hydrogen) atoms. The van der Waals surface area contributed by atoms with E-state index in [0.29, 0.717) is 5.75 Å². The highest BCUT2D eigenvalue weighted by Gasteiger charge is 2.12. The van der Waals surface area contributed by atoms with E-state index in [0.717, 1.165) is 28.1 Å². The van der Waals surface area contributed by atoms with Gasteiger partial charge in [0.2, 0.25) is 0 Å². The Morgan fingerprint density at radius 1 is 1.13 bits per heavy atom. The molecule has 152 valence electrons. The van der Waals surface area contributed by atoms with Crippen LogP contribution in [-0.4, -0.2) is 32.7 Å². The number of aromatic amines is 1. The van der Waals surface area contributed by atoms with Gasteiger partial charge in [0.1, 0.15) is 23.5 Å². The molecule has 4 aromatic rings. The summed E-state index contributed by atoms with van der Waals surface area (Å²) in [6, 6.07) is 19.5. The lowest BCUT2D eigenvalue weighted by atomic mass is 10.1. The molecule has 0 aliphatic carbocycles. The number of hydroxylamine groups is 1. The van der Waals surface area contributed by atoms with Gasteiger partial charge in [-0.15, -0.1) is 0 Å². The van der Waals surface area contributed by atoms with Crippen molar-refractivity contribution in [2.45, 2.75) is 13.0 Å². The number of nitrogens with zero attached hydrogens (tertiary/aromatic N) is 2. The van der Waals surface area contributed by atoms with Gasteiger partial charge in [-0.05, 0) is 48.4 Å². The predicted molar refractivity (Wildman–Crippen MR) is 113 cm³/mol. The average Bonchev–Trinajstić information content (AvgIpc) is 3.24. The zero-order valence-corrected chi connectivity index (χ0v) is 16.3. The van der Waals surface area contributed by atoms with Gasteiger partial charge in [-0.25, -0.2) is 15.4 Å². The molecule has 0 fully saturated rings. The molecule has 0 spiro atoms. The number of benzene rings is 2. The number of carbonyl (C=O) groups is 1. The van der Waals surface area contributed by atoms with Crippen molar-refractivity contribution in [3.05, 3.63) is 72.6 Å². The summed E-state index contributed by atoms with van der Waals surface area (Å²) in [5, 5.41) is 12.9. The molecule has 0 radical (unpaired) electrons. The van der Waals surface area contributed by atoms with E-state index < -0.39 is 5.91 Å². The van der Waals surface area contributed by atoms with Gasteiger partial charge in [0.05, 0.1) is 5.39 Å². The maximum absolute atomic E-state index is 11.1. The summed E-state index contributed by atoms with van der Waals surface area (Å²) in [4.78, 5) is 23.1. The second-order valence-electron chi connectivity index (χ2n) is 6.79. The molecule has 1 atom stereocenters. The van der Waals surface area contributed by atoms with E-state index in [9.17, 15) is 4.79 Å². The fourth-order valence-electron chi connectivity index (χ4n) is 3.15. The number of carbonyl (C=O) groups excluding carboxylic acids is 1. The highest BCUT2D eigenvalue weighted by molar-refractivity contribution is 5.91. The van der Waals surface area contributed by atoms with Crippen LogP contribution >= 0.6 is 0 Å². The number of rotatable bonds is 7. The molecule has 1 amide bonds. The van der Waals surface area contributed by atoms with Crippen molar-refractivity contribution in [3.8, 4) is 17.0 Å². The van der Waals surface area contributed by atoms with Crippen molar-refractivity contribution in [1.82, 2.24) is 20.4 Å². The van der Waals surface area contributed by atoms with Crippen molar-refractivity contribution in [2.75, 3.05) is 11.9 Å². The van der Waals surface area contributed by atoms with E-state index in [1.54, 1.807) is 12.1 Å². The summed E-state index contributed by atoms with van der Waals surface area (Å²) in [5.74, 6) is 0.671. The summed E-state index contributed by atoms with van der Waals surface area (Å²) in [7, 11) is 0. The molecule has 0 saturated heterocycles. The molecular formula is C22H21N5O3. The van der Waals surface area contributed by atoms with E-state index in [4.69, 9.17) is 9.94 Å². The van der Waals surface area contributed by atoms with Gasteiger partial charge in [-0.3, -0.25) is 10.0 Å². The third kappa shape index (κ3) is 4.23. The van der Waals surface area contributed by atoms with Crippen LogP contribution in [0.3, 0.4) is 0 Å². The molecule has 0 saturated carbocycles. The summed E-state index contributed by atoms with van der Waals surface area (Å²) >= 11 is 0. The molecule has 0 aliphatic rings. The minimum atomic E-state index is -0.613. The first-order valence-corrected chi connectivity index (χ1v) is 9.45. The number of hydrogen-bond donors (Lipinski definition) is 4. The van der Waals surface area contributed by atoms with Crippen LogP contribution in [0.5, 0.6) is 5.75 Å². The lowest BCUT2D eigenvalue weighted by Gasteiger charge is -2.15. The molecule has 0 aliphatic heterocycles. The van der Waals surface area contributed by atoms with E-state index in [2.05, 4.69) is 39.3 Å². The zero-order chi connectivity index (χ0) is 20.9. The first-order valence-electron chi connectivity index (χ1n) is 9.45. The van der Waals surface area contributed by atoms with Gasteiger partial charge in [0.25, 0.3) is 5.91 Å². The molecule has 8 heteroatoms. The number of ether oxygens (including phenoxy) is 1. The highest BCUT2D eigenvalue weighted by Crippen LogP contribution is 2.29. The minimum absolute atomic E-state index is 0.0928. The van der Waals surface area contributed by atoms with Crippen LogP contribution < -0.4 is 15.5 Å². The quantitative estimate of drug-likeness (QED) is 0.277. The van der Waals surface area contributed by atoms with Crippen LogP contribution in [-0.2, 0) is 4.79 Å². The molecule has 0 bridgehead atoms. The predicted octanol–water partition coefficient (Wildman–Crippen LogP) is 3.68. The van der Waals surface area contributed by atoms with Crippen LogP contribution in [0, 0.1) is 0 Å². The van der Waals surface area contributed by atoms with Crippen molar-refractivity contribution >= 4 is 22.8 Å². The number of amides is 1. The Morgan fingerprint density at radius 3 is 2.63 bits per heavy atom. The lowest BCUT2D eigenvalue weighted by molar-refractivity contribution is -0.131. The minimum Gasteiger partial charge on any atom is -0.484 e. The van der Waals surface area contributed by atoms with Crippen LogP contribution in [0.1, 0.15) is 18.5 Å². The number of anilines is 1. The Kier molecular flexibility index (Phi) is 5.58. The Labute approximate surface area is 172 Å². The monoisotopic (exact) mass is 403 g/mol. The van der Waals surface area contributed by atoms with Crippen LogP contribution in [0.15, 0.2) is 67.0 Å². The van der Waals surface area contributed by atoms with Crippen LogP contribution in [0.4, 0.5) is 5.82 Å². The highest BCUT2D eigenvalue weighted by atomic mass is 16.5. The van der Waals surface area contributed by atoms with Crippen LogP contribution in [0.2, 0.25) is 0 Å². The second kappa shape index (κ2) is 8.62. The smallest absolute Gasteiger partial charge is 0.281 e. The third-order valence-electron chi connectivity index (χ3n) is 4.74. The fourth-order valence-corrected chi connectivity index (χ4v) is 3.15. The Morgan fingerprint density at radius 2 is 1.90 bits per heavy atom. The normalized spacial score (nSPS) is 11.8. The second-order valence-corrected chi connectivity index (χ2v) is 6.79. The Bertz CT molecular complexity index is 1140. The standard InChI is InChI=1S/C22H21N5O3/c1-14(15-5-3-2-4-6-15)25-21-18-11-19(26-22(18)24-13-23-21)16-7-9-17(10-8-16)30-12-20(28)27-29/h2-11,13-14,29H,12H2,1H3,(H,27,28)(H2,23,24,25,26). The number of aromatic nitrogens is 3. The van der Waals surface area contributed by atoms with Gasteiger partial charge in [0.15, 0.2) is 6.61 Å². The van der Waals surface area contributed by atoms with Crippen molar-refractivity contribution in [3.63, 3.8) is 0 Å². The molecule has 2 heterocycles. The van der Waals surface area contributed by atoms with E-state index >= 15 is 0 Å².